The molecular formula is C4H5BrN2O2. The van der Waals surface area contributed by atoms with Crippen molar-refractivity contribution in [3.8, 4) is 0 Å². The molecule has 0 N–H and O–H groups in total. The van der Waals surface area contributed by atoms with Gasteiger partial charge in [0.2, 0.25) is 5.69 Å². The van der Waals surface area contributed by atoms with Gasteiger partial charge in [-0.2, -0.15) is 0 Å². The van der Waals surface area contributed by atoms with Crippen LogP contribution >= 0.6 is 15.9 Å². The van der Waals surface area contributed by atoms with Crippen LogP contribution in [0.2, 0.25) is 0 Å². The van der Waals surface area contributed by atoms with Crippen molar-refractivity contribution < 1.29 is 9.53 Å². The first-order valence-corrected chi connectivity index (χ1v) is 3.49. The molecule has 0 atom stereocenters. The third-order valence-corrected chi connectivity index (χ3v) is 1.57. The van der Waals surface area contributed by atoms with Crippen LogP contribution in [0.1, 0.15) is 11.4 Å². The van der Waals surface area contributed by atoms with E-state index in [-0.39, 0.29) is 0 Å². The quantitative estimate of drug-likeness (QED) is 0.482. The van der Waals surface area contributed by atoms with Crippen LogP contribution < -0.4 is 4.90 Å². The Morgan fingerprint density at radius 3 is 2.78 bits per heavy atom. The average molecular weight is 193 g/mol. The van der Waals surface area contributed by atoms with Gasteiger partial charge in [-0.1, -0.05) is 15.9 Å². The van der Waals surface area contributed by atoms with Gasteiger partial charge in [0.25, 0.3) is 0 Å². The van der Waals surface area contributed by atoms with Crippen molar-refractivity contribution in [3.05, 3.63) is 16.6 Å². The molecule has 0 amide bonds. The van der Waals surface area contributed by atoms with Crippen LogP contribution in [0.5, 0.6) is 0 Å². The van der Waals surface area contributed by atoms with Gasteiger partial charge in [0.05, 0.1) is 5.33 Å². The third kappa shape index (κ3) is 1.05. The number of hydrogen-bond acceptors (Lipinski definition) is 3. The molecule has 5 heteroatoms. The summed E-state index contributed by atoms with van der Waals surface area (Å²) in [7, 11) is 0. The molecule has 0 unspecified atom stereocenters. The predicted molar refractivity (Wildman–Crippen MR) is 32.8 cm³/mol. The summed E-state index contributed by atoms with van der Waals surface area (Å²) in [6.45, 7) is 1.65. The molecule has 0 bridgehead atoms. The Balaban J connectivity index is 3.04. The van der Waals surface area contributed by atoms with Crippen LogP contribution in [-0.2, 0) is 5.33 Å². The highest BCUT2D eigenvalue weighted by atomic mass is 79.9. The van der Waals surface area contributed by atoms with E-state index in [2.05, 4.69) is 25.7 Å². The largest absolute Gasteiger partial charge is 0.359 e. The van der Waals surface area contributed by atoms with Crippen molar-refractivity contribution in [1.82, 2.24) is 5.16 Å². The molecule has 1 aromatic heterocycles. The Morgan fingerprint density at radius 2 is 2.56 bits per heavy atom. The zero-order valence-electron chi connectivity index (χ0n) is 4.80. The van der Waals surface area contributed by atoms with E-state index in [1.807, 2.05) is 0 Å². The minimum absolute atomic E-state index is 0.386. The fourth-order valence-electron chi connectivity index (χ4n) is 0.440. The van der Waals surface area contributed by atoms with Gasteiger partial charge in [0.1, 0.15) is 0 Å². The van der Waals surface area contributed by atoms with Crippen LogP contribution in [0.15, 0.2) is 4.63 Å². The lowest BCUT2D eigenvalue weighted by molar-refractivity contribution is -0.806. The van der Waals surface area contributed by atoms with E-state index in [4.69, 9.17) is 0 Å². The molecule has 0 aromatic carbocycles. The summed E-state index contributed by atoms with van der Waals surface area (Å²) in [5, 5.41) is 14.5. The van der Waals surface area contributed by atoms with Crippen LogP contribution in [0.25, 0.3) is 0 Å². The highest BCUT2D eigenvalue weighted by Crippen LogP contribution is 2.02. The van der Waals surface area contributed by atoms with Gasteiger partial charge >= 0.3 is 0 Å². The predicted octanol–water partition coefficient (Wildman–Crippen LogP) is 0.511. The van der Waals surface area contributed by atoms with Gasteiger partial charge in [-0.15, -0.1) is 0 Å². The van der Waals surface area contributed by atoms with Crippen LogP contribution in [0, 0.1) is 12.1 Å². The van der Waals surface area contributed by atoms with Crippen LogP contribution in [0.3, 0.4) is 0 Å². The Labute approximate surface area is 60.1 Å². The molecule has 4 nitrogen and oxygen atoms in total. The molecule has 0 aliphatic carbocycles. The Kier molecular flexibility index (Phi) is 1.70. The lowest BCUT2D eigenvalue weighted by Crippen LogP contribution is -2.25. The smallest absolute Gasteiger partial charge is 0.231 e. The second-order valence-electron chi connectivity index (χ2n) is 1.60. The van der Waals surface area contributed by atoms with Gasteiger partial charge in [-0.05, 0) is 4.90 Å². The maximum atomic E-state index is 10.5. The molecule has 0 spiro atoms. The first kappa shape index (κ1) is 6.54. The number of halogens is 1. The SMILES string of the molecule is Cc1c(CBr)no[n+]1[O-]. The number of hydrogen-bond donors (Lipinski definition) is 0. The summed E-state index contributed by atoms with van der Waals surface area (Å²) in [5.41, 5.74) is 1.15. The van der Waals surface area contributed by atoms with E-state index >= 15 is 0 Å². The van der Waals surface area contributed by atoms with E-state index in [9.17, 15) is 5.21 Å². The molecule has 0 aliphatic rings. The van der Waals surface area contributed by atoms with E-state index < -0.39 is 0 Å². The Hall–Kier alpha value is -0.580. The van der Waals surface area contributed by atoms with Crippen molar-refractivity contribution in [2.24, 2.45) is 0 Å². The van der Waals surface area contributed by atoms with Crippen molar-refractivity contribution in [1.29, 1.82) is 0 Å². The minimum atomic E-state index is 0.386. The molecule has 1 heterocycles. The van der Waals surface area contributed by atoms with E-state index in [0.717, 1.165) is 0 Å². The van der Waals surface area contributed by atoms with Crippen molar-refractivity contribution in [2.75, 3.05) is 0 Å². The summed E-state index contributed by atoms with van der Waals surface area (Å²) in [6, 6.07) is 0. The van der Waals surface area contributed by atoms with Gasteiger partial charge in [0, 0.05) is 12.1 Å². The second-order valence-corrected chi connectivity index (χ2v) is 2.16. The topological polar surface area (TPSA) is 53.0 Å². The van der Waals surface area contributed by atoms with Crippen LogP contribution in [0.4, 0.5) is 0 Å². The molecule has 50 valence electrons. The first-order chi connectivity index (χ1) is 4.25. The summed E-state index contributed by atoms with van der Waals surface area (Å²) < 4.78 is 4.27. The molecule has 0 fully saturated rings. The maximum Gasteiger partial charge on any atom is 0.231 e. The molecule has 0 saturated heterocycles. The monoisotopic (exact) mass is 192 g/mol. The number of alkyl halides is 1. The lowest BCUT2D eigenvalue weighted by Gasteiger charge is -1.83. The molecule has 0 saturated carbocycles. The zero-order chi connectivity index (χ0) is 6.85. The van der Waals surface area contributed by atoms with E-state index in [0.29, 0.717) is 21.6 Å². The van der Waals surface area contributed by atoms with E-state index in [1.54, 1.807) is 6.92 Å². The Morgan fingerprint density at radius 1 is 1.89 bits per heavy atom. The third-order valence-electron chi connectivity index (χ3n) is 1.04. The lowest BCUT2D eigenvalue weighted by atomic mass is 10.4. The zero-order valence-corrected chi connectivity index (χ0v) is 6.38. The van der Waals surface area contributed by atoms with Gasteiger partial charge in [-0.25, -0.2) is 0 Å². The van der Waals surface area contributed by atoms with Crippen molar-refractivity contribution >= 4 is 15.9 Å². The van der Waals surface area contributed by atoms with Crippen molar-refractivity contribution in [3.63, 3.8) is 0 Å². The molecule has 0 aliphatic heterocycles. The maximum absolute atomic E-state index is 10.5. The van der Waals surface area contributed by atoms with E-state index in [1.165, 1.54) is 0 Å². The number of nitrogens with zero attached hydrogens (tertiary/aromatic N) is 2. The molecule has 9 heavy (non-hydrogen) atoms. The molecule has 0 radical (unpaired) electrons. The first-order valence-electron chi connectivity index (χ1n) is 2.37. The minimum Gasteiger partial charge on any atom is -0.359 e. The van der Waals surface area contributed by atoms with Crippen LogP contribution in [-0.4, -0.2) is 5.16 Å². The molecule has 1 rings (SSSR count). The van der Waals surface area contributed by atoms with Gasteiger partial charge in [0.15, 0.2) is 5.69 Å². The normalized spacial score (nSPS) is 10.0. The molecule has 1 aromatic rings. The van der Waals surface area contributed by atoms with Gasteiger partial charge < -0.3 is 5.21 Å². The summed E-state index contributed by atoms with van der Waals surface area (Å²) in [5.74, 6) is 0. The highest BCUT2D eigenvalue weighted by Gasteiger charge is 2.10. The summed E-state index contributed by atoms with van der Waals surface area (Å²) >= 11 is 3.15. The Bertz CT molecular complexity index is 210. The fourth-order valence-corrected chi connectivity index (χ4v) is 0.948. The van der Waals surface area contributed by atoms with Crippen molar-refractivity contribution in [2.45, 2.75) is 12.3 Å². The second kappa shape index (κ2) is 2.34. The fraction of sp³-hybridized carbons (Fsp3) is 0.500. The standard InChI is InChI=1S/C4H5BrN2O2/c1-3-4(2-5)6-9-7(3)8/h2H2,1H3. The number of aromatic nitrogens is 2. The number of rotatable bonds is 1. The highest BCUT2D eigenvalue weighted by molar-refractivity contribution is 9.08. The van der Waals surface area contributed by atoms with Gasteiger partial charge in [-0.3, -0.25) is 4.63 Å². The summed E-state index contributed by atoms with van der Waals surface area (Å²) in [4.78, 5) is 0.386. The average Bonchev–Trinajstić information content (AvgIpc) is 2.15. The summed E-state index contributed by atoms with van der Waals surface area (Å²) in [6.07, 6.45) is 0. The molecular weight excluding hydrogens is 188 g/mol.